The van der Waals surface area contributed by atoms with E-state index < -0.39 is 11.9 Å². The number of amides is 1. The van der Waals surface area contributed by atoms with Gasteiger partial charge in [0, 0.05) is 31.6 Å². The van der Waals surface area contributed by atoms with Crippen LogP contribution in [-0.4, -0.2) is 29.4 Å². The second-order valence-corrected chi connectivity index (χ2v) is 6.12. The van der Waals surface area contributed by atoms with E-state index in [1.807, 2.05) is 18.2 Å². The monoisotopic (exact) mass is 350 g/mol. The molecule has 134 valence electrons. The zero-order chi connectivity index (χ0) is 18.4. The molecule has 1 aliphatic rings. The van der Waals surface area contributed by atoms with Crippen LogP contribution in [0, 0.1) is 12.8 Å². The number of likely N-dealkylation sites (tertiary alicyclic amines) is 1. The number of carbonyl (C=O) groups excluding carboxylic acids is 1. The molecule has 2 heterocycles. The number of carbonyl (C=O) groups is 1. The Kier molecular flexibility index (Phi) is 6.17. The summed E-state index contributed by atoms with van der Waals surface area (Å²) in [6, 6.07) is 14.1. The van der Waals surface area contributed by atoms with E-state index in [-0.39, 0.29) is 18.2 Å². The van der Waals surface area contributed by atoms with Crippen molar-refractivity contribution in [1.82, 2.24) is 9.88 Å². The lowest BCUT2D eigenvalue weighted by Gasteiger charge is -2.11. The van der Waals surface area contributed by atoms with Crippen LogP contribution in [0.25, 0.3) is 0 Å². The highest BCUT2D eigenvalue weighted by Gasteiger charge is 2.33. The molecule has 1 aliphatic heterocycles. The van der Waals surface area contributed by atoms with Crippen molar-refractivity contribution in [3.05, 3.63) is 65.5 Å². The Morgan fingerprint density at radius 2 is 1.80 bits per heavy atom. The average Bonchev–Trinajstić information content (AvgIpc) is 2.88. The van der Waals surface area contributed by atoms with Gasteiger partial charge in [-0.3, -0.25) is 4.79 Å². The van der Waals surface area contributed by atoms with Crippen molar-refractivity contribution < 1.29 is 18.0 Å². The molecule has 1 atom stereocenters. The highest BCUT2D eigenvalue weighted by atomic mass is 19.4. The first-order chi connectivity index (χ1) is 11.8. The first kappa shape index (κ1) is 19.0. The quantitative estimate of drug-likeness (QED) is 0.816. The van der Waals surface area contributed by atoms with E-state index in [1.165, 1.54) is 17.7 Å². The number of rotatable bonds is 2. The summed E-state index contributed by atoms with van der Waals surface area (Å²) in [7, 11) is 1.70. The van der Waals surface area contributed by atoms with Crippen LogP contribution in [0.1, 0.15) is 23.4 Å². The molecular formula is C19H21F3N2O. The van der Waals surface area contributed by atoms with E-state index in [0.29, 0.717) is 18.7 Å². The van der Waals surface area contributed by atoms with Gasteiger partial charge in [-0.15, -0.1) is 0 Å². The number of benzene rings is 1. The van der Waals surface area contributed by atoms with E-state index in [0.717, 1.165) is 6.07 Å². The third kappa shape index (κ3) is 5.59. The summed E-state index contributed by atoms with van der Waals surface area (Å²) in [6.07, 6.45) is -3.49. The Hall–Kier alpha value is -2.37. The molecular weight excluding hydrogens is 329 g/mol. The van der Waals surface area contributed by atoms with Crippen LogP contribution < -0.4 is 0 Å². The van der Waals surface area contributed by atoms with Crippen LogP contribution in [0.2, 0.25) is 0 Å². The molecule has 6 heteroatoms. The molecule has 0 spiro atoms. The molecule has 0 bridgehead atoms. The minimum atomic E-state index is -4.44. The number of halogens is 3. The van der Waals surface area contributed by atoms with E-state index in [4.69, 9.17) is 0 Å². The van der Waals surface area contributed by atoms with Gasteiger partial charge in [-0.1, -0.05) is 42.0 Å². The van der Waals surface area contributed by atoms with Gasteiger partial charge in [0.15, 0.2) is 0 Å². The maximum absolute atomic E-state index is 12.5. The van der Waals surface area contributed by atoms with Crippen LogP contribution in [-0.2, 0) is 17.4 Å². The maximum atomic E-state index is 12.5. The standard InChI is InChI=1S/C12H13F3N2O.C7H8/c1-17-6-5-8(11(17)18)7-9-3-2-4-10(16-9)12(13,14)15;1-7-5-3-2-4-6-7/h2-4,8H,5-7H2,1H3;2-6H,1H3. The van der Waals surface area contributed by atoms with E-state index in [9.17, 15) is 18.0 Å². The van der Waals surface area contributed by atoms with E-state index >= 15 is 0 Å². The van der Waals surface area contributed by atoms with Crippen molar-refractivity contribution in [1.29, 1.82) is 0 Å². The highest BCUT2D eigenvalue weighted by molar-refractivity contribution is 5.80. The average molecular weight is 350 g/mol. The van der Waals surface area contributed by atoms with Crippen molar-refractivity contribution in [2.45, 2.75) is 25.9 Å². The zero-order valence-corrected chi connectivity index (χ0v) is 14.3. The van der Waals surface area contributed by atoms with Gasteiger partial charge in [-0.25, -0.2) is 4.98 Å². The van der Waals surface area contributed by atoms with Crippen molar-refractivity contribution in [2.75, 3.05) is 13.6 Å². The molecule has 3 rings (SSSR count). The van der Waals surface area contributed by atoms with Crippen molar-refractivity contribution in [2.24, 2.45) is 5.92 Å². The molecule has 2 aromatic rings. The number of aromatic nitrogens is 1. The molecule has 25 heavy (non-hydrogen) atoms. The minimum absolute atomic E-state index is 0.0192. The maximum Gasteiger partial charge on any atom is 0.433 e. The molecule has 1 fully saturated rings. The van der Waals surface area contributed by atoms with E-state index in [1.54, 1.807) is 11.9 Å². The third-order valence-corrected chi connectivity index (χ3v) is 4.03. The van der Waals surface area contributed by atoms with Crippen molar-refractivity contribution in [3.8, 4) is 0 Å². The summed E-state index contributed by atoms with van der Waals surface area (Å²) in [4.78, 5) is 16.8. The fraction of sp³-hybridized carbons (Fsp3) is 0.368. The Balaban J connectivity index is 0.000000269. The molecule has 1 aromatic carbocycles. The highest BCUT2D eigenvalue weighted by Crippen LogP contribution is 2.28. The van der Waals surface area contributed by atoms with E-state index in [2.05, 4.69) is 24.0 Å². The number of pyridine rings is 1. The van der Waals surface area contributed by atoms with Gasteiger partial charge in [-0.2, -0.15) is 13.2 Å². The van der Waals surface area contributed by atoms with Crippen LogP contribution in [0.15, 0.2) is 48.5 Å². The minimum Gasteiger partial charge on any atom is -0.345 e. The van der Waals surface area contributed by atoms with Crippen LogP contribution in [0.3, 0.4) is 0 Å². The lowest BCUT2D eigenvalue weighted by atomic mass is 10.0. The summed E-state index contributed by atoms with van der Waals surface area (Å²) in [5.74, 6) is -0.264. The van der Waals surface area contributed by atoms with Gasteiger partial charge in [0.25, 0.3) is 0 Å². The molecule has 1 aromatic heterocycles. The lowest BCUT2D eigenvalue weighted by molar-refractivity contribution is -0.141. The number of nitrogens with zero attached hydrogens (tertiary/aromatic N) is 2. The molecule has 1 saturated heterocycles. The Morgan fingerprint density at radius 3 is 2.28 bits per heavy atom. The molecule has 0 aliphatic carbocycles. The first-order valence-electron chi connectivity index (χ1n) is 8.07. The summed E-state index contributed by atoms with van der Waals surface area (Å²) >= 11 is 0. The molecule has 1 unspecified atom stereocenters. The van der Waals surface area contributed by atoms with Crippen molar-refractivity contribution >= 4 is 5.91 Å². The molecule has 0 saturated carbocycles. The Labute approximate surface area is 145 Å². The first-order valence-corrected chi connectivity index (χ1v) is 8.07. The van der Waals surface area contributed by atoms with Crippen LogP contribution in [0.4, 0.5) is 13.2 Å². The summed E-state index contributed by atoms with van der Waals surface area (Å²) < 4.78 is 37.4. The predicted octanol–water partition coefficient (Wildman–Crippen LogP) is 4.12. The molecule has 1 amide bonds. The fourth-order valence-corrected chi connectivity index (χ4v) is 2.62. The molecule has 0 N–H and O–H groups in total. The predicted molar refractivity (Wildman–Crippen MR) is 89.9 cm³/mol. The topological polar surface area (TPSA) is 33.2 Å². The Bertz CT molecular complexity index is 701. The summed E-state index contributed by atoms with van der Waals surface area (Å²) in [6.45, 7) is 2.74. The number of hydrogen-bond donors (Lipinski definition) is 0. The number of aryl methyl sites for hydroxylation is 1. The molecule has 3 nitrogen and oxygen atoms in total. The van der Waals surface area contributed by atoms with Gasteiger partial charge in [0.1, 0.15) is 5.69 Å². The fourth-order valence-electron chi connectivity index (χ4n) is 2.62. The smallest absolute Gasteiger partial charge is 0.345 e. The van der Waals surface area contributed by atoms with Gasteiger partial charge in [0.2, 0.25) is 5.91 Å². The Morgan fingerprint density at radius 1 is 1.12 bits per heavy atom. The summed E-state index contributed by atoms with van der Waals surface area (Å²) in [5, 5.41) is 0. The normalized spacial score (nSPS) is 17.2. The third-order valence-electron chi connectivity index (χ3n) is 4.03. The van der Waals surface area contributed by atoms with Crippen LogP contribution in [0.5, 0.6) is 0 Å². The van der Waals surface area contributed by atoms with Gasteiger partial charge < -0.3 is 4.90 Å². The van der Waals surface area contributed by atoms with Gasteiger partial charge >= 0.3 is 6.18 Å². The van der Waals surface area contributed by atoms with Gasteiger partial charge in [-0.05, 0) is 25.5 Å². The van der Waals surface area contributed by atoms with Crippen LogP contribution >= 0.6 is 0 Å². The summed E-state index contributed by atoms with van der Waals surface area (Å²) in [5.41, 5.74) is 0.736. The lowest BCUT2D eigenvalue weighted by Crippen LogP contribution is -2.23. The van der Waals surface area contributed by atoms with Gasteiger partial charge in [0.05, 0.1) is 0 Å². The zero-order valence-electron chi connectivity index (χ0n) is 14.3. The molecule has 0 radical (unpaired) electrons. The second kappa shape index (κ2) is 8.14. The number of hydrogen-bond acceptors (Lipinski definition) is 2. The largest absolute Gasteiger partial charge is 0.433 e. The SMILES string of the molecule is CN1CCC(Cc2cccc(C(F)(F)F)n2)C1=O.Cc1ccccc1. The van der Waals surface area contributed by atoms with Crippen molar-refractivity contribution in [3.63, 3.8) is 0 Å². The second-order valence-electron chi connectivity index (χ2n) is 6.12. The number of alkyl halides is 3.